The number of tetrazole rings is 1. The molecule has 1 aromatic rings. The van der Waals surface area contributed by atoms with Gasteiger partial charge in [-0.1, -0.05) is 0 Å². The van der Waals surface area contributed by atoms with Crippen LogP contribution in [0.25, 0.3) is 0 Å². The third-order valence-corrected chi connectivity index (χ3v) is 1.28. The van der Waals surface area contributed by atoms with Crippen LogP contribution in [0.2, 0.25) is 0 Å². The number of carbonyl (C=O) groups is 1. The first-order valence-corrected chi connectivity index (χ1v) is 4.24. The summed E-state index contributed by atoms with van der Waals surface area (Å²) in [6.45, 7) is -0.493. The van der Waals surface area contributed by atoms with Crippen molar-refractivity contribution in [1.29, 1.82) is 0 Å². The van der Waals surface area contributed by atoms with Crippen LogP contribution < -0.4 is 18.9 Å². The van der Waals surface area contributed by atoms with Crippen molar-refractivity contribution in [3.63, 3.8) is 0 Å². The fraction of sp³-hybridized carbons (Fsp3) is 0.333. The number of rotatable bonds is 3. The van der Waals surface area contributed by atoms with E-state index in [0.29, 0.717) is 0 Å². The number of hydrogen-bond acceptors (Lipinski definition) is 7. The molecule has 1 aromatic heterocycles. The van der Waals surface area contributed by atoms with Crippen LogP contribution in [0.15, 0.2) is 6.33 Å². The van der Waals surface area contributed by atoms with E-state index < -0.39 is 22.9 Å². The van der Waals surface area contributed by atoms with Crippen molar-refractivity contribution < 1.29 is 42.2 Å². The van der Waals surface area contributed by atoms with Gasteiger partial charge in [-0.25, -0.2) is 9.48 Å². The van der Waals surface area contributed by atoms with Gasteiger partial charge in [-0.2, -0.15) is 8.42 Å². The van der Waals surface area contributed by atoms with Gasteiger partial charge in [0.2, 0.25) is 0 Å². The standard InChI is InChI=1S/C3H4N4O5S.Li.H/c8-3(12-13(9,10)11)1-7-2-4-5-6-7;;/h2H,1H2,(H,9,10,11);;/q;+1;-1. The average Bonchev–Trinajstić information content (AvgIpc) is 2.34. The van der Waals surface area contributed by atoms with Gasteiger partial charge in [0.1, 0.15) is 12.9 Å². The van der Waals surface area contributed by atoms with E-state index in [1.807, 2.05) is 0 Å². The van der Waals surface area contributed by atoms with E-state index in [2.05, 4.69) is 19.7 Å². The quantitative estimate of drug-likeness (QED) is 0.394. The number of hydrogen-bond donors (Lipinski definition) is 1. The van der Waals surface area contributed by atoms with Crippen LogP contribution in [0.1, 0.15) is 1.43 Å². The third kappa shape index (κ3) is 4.93. The summed E-state index contributed by atoms with van der Waals surface area (Å²) in [5.41, 5.74) is 0. The minimum atomic E-state index is -4.76. The van der Waals surface area contributed by atoms with Crippen molar-refractivity contribution in [3.8, 4) is 0 Å². The van der Waals surface area contributed by atoms with E-state index in [-0.39, 0.29) is 20.3 Å². The monoisotopic (exact) mass is 216 g/mol. The van der Waals surface area contributed by atoms with Crippen LogP contribution >= 0.6 is 0 Å². The van der Waals surface area contributed by atoms with Crippen LogP contribution in [-0.2, 0) is 25.9 Å². The first-order valence-electron chi connectivity index (χ1n) is 2.88. The molecule has 0 saturated heterocycles. The van der Waals surface area contributed by atoms with Crippen molar-refractivity contribution in [2.45, 2.75) is 6.54 Å². The molecule has 14 heavy (non-hydrogen) atoms. The molecule has 0 aliphatic heterocycles. The maximum Gasteiger partial charge on any atom is 1.00 e. The Balaban J connectivity index is 0. The fourth-order valence-corrected chi connectivity index (χ4v) is 0.816. The van der Waals surface area contributed by atoms with E-state index in [9.17, 15) is 13.2 Å². The molecule has 0 atom stereocenters. The second-order valence-corrected chi connectivity index (χ2v) is 2.91. The topological polar surface area (TPSA) is 124 Å². The third-order valence-electron chi connectivity index (χ3n) is 0.881. The van der Waals surface area contributed by atoms with Gasteiger partial charge in [0.25, 0.3) is 0 Å². The second kappa shape index (κ2) is 5.06. The van der Waals surface area contributed by atoms with Crippen molar-refractivity contribution in [2.24, 2.45) is 0 Å². The van der Waals surface area contributed by atoms with Crippen LogP contribution in [0.3, 0.4) is 0 Å². The summed E-state index contributed by atoms with van der Waals surface area (Å²) in [6.07, 6.45) is 1.09. The van der Waals surface area contributed by atoms with Crippen molar-refractivity contribution >= 4 is 16.4 Å². The van der Waals surface area contributed by atoms with Crippen LogP contribution in [-0.4, -0.2) is 39.1 Å². The van der Waals surface area contributed by atoms with E-state index in [4.69, 9.17) is 4.55 Å². The molecule has 0 unspecified atom stereocenters. The Bertz CT molecular complexity index is 392. The molecule has 0 bridgehead atoms. The zero-order chi connectivity index (χ0) is 9.90. The minimum absolute atomic E-state index is 0. The summed E-state index contributed by atoms with van der Waals surface area (Å²) < 4.78 is 32.6. The predicted molar refractivity (Wildman–Crippen MR) is 36.6 cm³/mol. The predicted octanol–water partition coefficient (Wildman–Crippen LogP) is -4.86. The Morgan fingerprint density at radius 3 is 2.71 bits per heavy atom. The van der Waals surface area contributed by atoms with E-state index in [0.717, 1.165) is 11.0 Å². The van der Waals surface area contributed by atoms with Crippen molar-refractivity contribution in [2.75, 3.05) is 0 Å². The smallest absolute Gasteiger partial charge is 1.00 e. The normalized spacial score (nSPS) is 10.4. The molecule has 0 fully saturated rings. The van der Waals surface area contributed by atoms with Gasteiger partial charge >= 0.3 is 35.2 Å². The summed E-state index contributed by atoms with van der Waals surface area (Å²) in [5.74, 6) is -1.19. The molecule has 9 nitrogen and oxygen atoms in total. The first-order chi connectivity index (χ1) is 5.97. The van der Waals surface area contributed by atoms with Gasteiger partial charge in [0.05, 0.1) is 0 Å². The number of nitrogens with zero attached hydrogens (tertiary/aromatic N) is 4. The van der Waals surface area contributed by atoms with Gasteiger partial charge in [-0.3, -0.25) is 4.55 Å². The molecule has 1 N–H and O–H groups in total. The molecular weight excluding hydrogens is 211 g/mol. The van der Waals surface area contributed by atoms with Gasteiger partial charge in [0.15, 0.2) is 0 Å². The first kappa shape index (κ1) is 13.0. The molecule has 0 aliphatic rings. The SMILES string of the molecule is O=C(Cn1cnnn1)OS(=O)(=O)O.[H-].[Li+]. The molecule has 0 aromatic carbocycles. The molecule has 0 spiro atoms. The number of aromatic nitrogens is 4. The van der Waals surface area contributed by atoms with Gasteiger partial charge < -0.3 is 5.61 Å². The van der Waals surface area contributed by atoms with E-state index in [1.54, 1.807) is 0 Å². The van der Waals surface area contributed by atoms with Crippen LogP contribution in [0.5, 0.6) is 0 Å². The Kier molecular flexibility index (Phi) is 4.72. The molecule has 74 valence electrons. The van der Waals surface area contributed by atoms with Gasteiger partial charge in [-0.05, 0) is 10.4 Å². The Morgan fingerprint density at radius 1 is 1.64 bits per heavy atom. The molecule has 0 saturated carbocycles. The Hall–Kier alpha value is -0.953. The summed E-state index contributed by atoms with van der Waals surface area (Å²) in [6, 6.07) is 0. The van der Waals surface area contributed by atoms with Crippen molar-refractivity contribution in [1.82, 2.24) is 20.2 Å². The van der Waals surface area contributed by atoms with Crippen LogP contribution in [0.4, 0.5) is 0 Å². The maximum absolute atomic E-state index is 10.6. The molecule has 11 heteroatoms. The Morgan fingerprint density at radius 2 is 2.29 bits per heavy atom. The molecule has 0 aliphatic carbocycles. The minimum Gasteiger partial charge on any atom is -1.00 e. The fourth-order valence-electron chi connectivity index (χ4n) is 0.529. The largest absolute Gasteiger partial charge is 1.00 e. The zero-order valence-electron chi connectivity index (χ0n) is 8.06. The zero-order valence-corrected chi connectivity index (χ0v) is 7.88. The molecule has 0 amide bonds. The number of carbonyl (C=O) groups excluding carboxylic acids is 1. The molecule has 1 heterocycles. The summed E-state index contributed by atoms with van der Waals surface area (Å²) in [4.78, 5) is 10.6. The molecule has 1 rings (SSSR count). The van der Waals surface area contributed by atoms with Crippen LogP contribution in [0, 0.1) is 0 Å². The summed E-state index contributed by atoms with van der Waals surface area (Å²) in [5, 5.41) is 9.63. The molecule has 0 radical (unpaired) electrons. The maximum atomic E-state index is 10.6. The van der Waals surface area contributed by atoms with Crippen molar-refractivity contribution in [3.05, 3.63) is 6.33 Å². The average molecular weight is 216 g/mol. The van der Waals surface area contributed by atoms with E-state index >= 15 is 0 Å². The van der Waals surface area contributed by atoms with E-state index in [1.165, 1.54) is 0 Å². The Labute approximate surface area is 92.0 Å². The molecular formula is C3H5LiN4O5S. The summed E-state index contributed by atoms with van der Waals surface area (Å²) >= 11 is 0. The van der Waals surface area contributed by atoms with Gasteiger partial charge in [-0.15, -0.1) is 5.10 Å². The summed E-state index contributed by atoms with van der Waals surface area (Å²) in [7, 11) is -4.76. The van der Waals surface area contributed by atoms with Gasteiger partial charge in [0, 0.05) is 0 Å². The second-order valence-electron chi connectivity index (χ2n) is 1.89.